The molecule has 1 amide bonds. The second-order valence-corrected chi connectivity index (χ2v) is 6.01. The molecule has 0 fully saturated rings. The fourth-order valence-corrected chi connectivity index (χ4v) is 2.92. The molecule has 3 rings (SSSR count). The van der Waals surface area contributed by atoms with Crippen LogP contribution >= 0.6 is 0 Å². The van der Waals surface area contributed by atoms with Crippen LogP contribution in [0.25, 0.3) is 11.0 Å². The number of hydrogen-bond acceptors (Lipinski definition) is 4. The molecule has 0 spiro atoms. The summed E-state index contributed by atoms with van der Waals surface area (Å²) in [6, 6.07) is 16.8. The number of hydrogen-bond donors (Lipinski definition) is 1. The quantitative estimate of drug-likeness (QED) is 0.691. The van der Waals surface area contributed by atoms with Crippen LogP contribution in [0.2, 0.25) is 0 Å². The minimum absolute atomic E-state index is 0.0176. The maximum atomic E-state index is 12.4. The molecule has 0 aliphatic carbocycles. The van der Waals surface area contributed by atoms with E-state index in [-0.39, 0.29) is 5.56 Å². The normalized spacial score (nSPS) is 10.7. The molecule has 1 aromatic heterocycles. The van der Waals surface area contributed by atoms with E-state index in [0.29, 0.717) is 12.1 Å². The summed E-state index contributed by atoms with van der Waals surface area (Å²) in [6.07, 6.45) is 0. The first-order valence-corrected chi connectivity index (χ1v) is 8.77. The van der Waals surface area contributed by atoms with Gasteiger partial charge in [-0.25, -0.2) is 4.79 Å². The Bertz CT molecular complexity index is 960. The number of rotatable bonds is 6. The minimum Gasteiger partial charge on any atom is -0.422 e. The third-order valence-corrected chi connectivity index (χ3v) is 4.39. The zero-order chi connectivity index (χ0) is 18.5. The number of nitrogens with zero attached hydrogens (tertiary/aromatic N) is 1. The van der Waals surface area contributed by atoms with Crippen molar-refractivity contribution in [2.45, 2.75) is 20.4 Å². The lowest BCUT2D eigenvalue weighted by atomic mass is 10.1. The Hall–Kier alpha value is -3.08. The molecule has 134 valence electrons. The summed E-state index contributed by atoms with van der Waals surface area (Å²) in [4.78, 5) is 26.8. The molecule has 0 bridgehead atoms. The summed E-state index contributed by atoms with van der Waals surface area (Å²) in [5, 5.41) is 3.49. The van der Waals surface area contributed by atoms with Crippen LogP contribution in [-0.4, -0.2) is 19.0 Å². The predicted octanol–water partition coefficient (Wildman–Crippen LogP) is 3.57. The van der Waals surface area contributed by atoms with Gasteiger partial charge in [0.1, 0.15) is 11.1 Å². The van der Waals surface area contributed by atoms with Gasteiger partial charge in [0.2, 0.25) is 0 Å². The minimum atomic E-state index is -0.625. The van der Waals surface area contributed by atoms with Gasteiger partial charge >= 0.3 is 5.63 Å². The molecule has 5 nitrogen and oxygen atoms in total. The Morgan fingerprint density at radius 3 is 2.46 bits per heavy atom. The molecule has 2 aromatic carbocycles. The van der Waals surface area contributed by atoms with Crippen molar-refractivity contribution in [2.24, 2.45) is 0 Å². The average Bonchev–Trinajstić information content (AvgIpc) is 2.67. The molecule has 0 saturated carbocycles. The molecule has 0 saturated heterocycles. The lowest BCUT2D eigenvalue weighted by Crippen LogP contribution is -2.27. The van der Waals surface area contributed by atoms with Gasteiger partial charge < -0.3 is 14.6 Å². The van der Waals surface area contributed by atoms with Crippen molar-refractivity contribution < 1.29 is 9.21 Å². The van der Waals surface area contributed by atoms with Gasteiger partial charge in [-0.15, -0.1) is 0 Å². The number of nitrogens with one attached hydrogen (secondary N) is 1. The molecule has 26 heavy (non-hydrogen) atoms. The third-order valence-electron chi connectivity index (χ3n) is 4.39. The zero-order valence-electron chi connectivity index (χ0n) is 15.0. The summed E-state index contributed by atoms with van der Waals surface area (Å²) in [5.74, 6) is -0.433. The van der Waals surface area contributed by atoms with E-state index < -0.39 is 11.5 Å². The summed E-state index contributed by atoms with van der Waals surface area (Å²) in [5.41, 5.74) is 1.84. The van der Waals surface area contributed by atoms with Crippen LogP contribution in [0.5, 0.6) is 0 Å². The highest BCUT2D eigenvalue weighted by Gasteiger charge is 2.14. The second kappa shape index (κ2) is 7.87. The van der Waals surface area contributed by atoms with Crippen molar-refractivity contribution in [2.75, 3.05) is 18.0 Å². The lowest BCUT2D eigenvalue weighted by molar-refractivity contribution is 0.0947. The van der Waals surface area contributed by atoms with Crippen molar-refractivity contribution >= 4 is 22.6 Å². The maximum Gasteiger partial charge on any atom is 0.349 e. The van der Waals surface area contributed by atoms with Gasteiger partial charge in [-0.3, -0.25) is 4.79 Å². The first-order chi connectivity index (χ1) is 12.6. The van der Waals surface area contributed by atoms with Gasteiger partial charge in [-0.2, -0.15) is 0 Å². The smallest absolute Gasteiger partial charge is 0.349 e. The van der Waals surface area contributed by atoms with E-state index in [1.165, 1.54) is 0 Å². The molecule has 0 radical (unpaired) electrons. The topological polar surface area (TPSA) is 62.6 Å². The summed E-state index contributed by atoms with van der Waals surface area (Å²) < 4.78 is 5.40. The van der Waals surface area contributed by atoms with Gasteiger partial charge in [-0.1, -0.05) is 30.3 Å². The van der Waals surface area contributed by atoms with E-state index >= 15 is 0 Å². The van der Waals surface area contributed by atoms with E-state index in [1.54, 1.807) is 6.07 Å². The van der Waals surface area contributed by atoms with Crippen LogP contribution < -0.4 is 15.8 Å². The van der Waals surface area contributed by atoms with Crippen LogP contribution in [-0.2, 0) is 6.54 Å². The van der Waals surface area contributed by atoms with E-state index in [4.69, 9.17) is 4.42 Å². The Kier molecular flexibility index (Phi) is 5.37. The summed E-state index contributed by atoms with van der Waals surface area (Å²) in [7, 11) is 0. The number of fused-ring (bicyclic) bond motifs is 1. The summed E-state index contributed by atoms with van der Waals surface area (Å²) in [6.45, 7) is 6.24. The Balaban J connectivity index is 1.85. The molecule has 1 N–H and O–H groups in total. The molecule has 5 heteroatoms. The first-order valence-electron chi connectivity index (χ1n) is 8.77. The van der Waals surface area contributed by atoms with Crippen molar-refractivity contribution in [3.63, 3.8) is 0 Å². The van der Waals surface area contributed by atoms with Gasteiger partial charge in [0.25, 0.3) is 5.91 Å². The summed E-state index contributed by atoms with van der Waals surface area (Å²) >= 11 is 0. The number of carbonyl (C=O) groups excluding carboxylic acids is 1. The standard InChI is InChI=1S/C21H22N2O3/c1-3-23(4-2)17-11-10-16-12-18(21(25)26-19(16)13-17)20(24)22-14-15-8-6-5-7-9-15/h5-13H,3-4,14H2,1-2H3,(H,22,24). The predicted molar refractivity (Wildman–Crippen MR) is 104 cm³/mol. The second-order valence-electron chi connectivity index (χ2n) is 6.01. The van der Waals surface area contributed by atoms with Crippen LogP contribution in [0.3, 0.4) is 0 Å². The molecule has 0 unspecified atom stereocenters. The van der Waals surface area contributed by atoms with Crippen LogP contribution in [0, 0.1) is 0 Å². The third kappa shape index (κ3) is 3.77. The fraction of sp³-hybridized carbons (Fsp3) is 0.238. The molecular formula is C21H22N2O3. The van der Waals surface area contributed by atoms with Gasteiger partial charge in [-0.05, 0) is 37.6 Å². The van der Waals surface area contributed by atoms with E-state index in [1.807, 2.05) is 48.5 Å². The van der Waals surface area contributed by atoms with Crippen molar-refractivity contribution in [3.8, 4) is 0 Å². The van der Waals surface area contributed by atoms with Gasteiger partial charge in [0, 0.05) is 36.8 Å². The van der Waals surface area contributed by atoms with Crippen LogP contribution in [0.4, 0.5) is 5.69 Å². The van der Waals surface area contributed by atoms with E-state index in [0.717, 1.165) is 29.7 Å². The molecule has 0 aliphatic rings. The maximum absolute atomic E-state index is 12.4. The van der Waals surface area contributed by atoms with Gasteiger partial charge in [0.05, 0.1) is 0 Å². The largest absolute Gasteiger partial charge is 0.422 e. The van der Waals surface area contributed by atoms with Crippen molar-refractivity contribution in [3.05, 3.63) is 76.1 Å². The highest BCUT2D eigenvalue weighted by molar-refractivity contribution is 5.96. The first kappa shape index (κ1) is 17.7. The Morgan fingerprint density at radius 2 is 1.77 bits per heavy atom. The Morgan fingerprint density at radius 1 is 1.04 bits per heavy atom. The fourth-order valence-electron chi connectivity index (χ4n) is 2.92. The number of amides is 1. The monoisotopic (exact) mass is 350 g/mol. The molecular weight excluding hydrogens is 328 g/mol. The van der Waals surface area contributed by atoms with Crippen LogP contribution in [0.1, 0.15) is 29.8 Å². The number of carbonyl (C=O) groups is 1. The lowest BCUT2D eigenvalue weighted by Gasteiger charge is -2.21. The van der Waals surface area contributed by atoms with Crippen molar-refractivity contribution in [1.29, 1.82) is 0 Å². The average molecular weight is 350 g/mol. The highest BCUT2D eigenvalue weighted by atomic mass is 16.4. The van der Waals surface area contributed by atoms with Crippen molar-refractivity contribution in [1.82, 2.24) is 5.32 Å². The van der Waals surface area contributed by atoms with Gasteiger partial charge in [0.15, 0.2) is 0 Å². The van der Waals surface area contributed by atoms with E-state index in [2.05, 4.69) is 24.1 Å². The Labute approximate surface area is 152 Å². The molecule has 0 atom stereocenters. The highest BCUT2D eigenvalue weighted by Crippen LogP contribution is 2.22. The molecule has 3 aromatic rings. The number of anilines is 1. The SMILES string of the molecule is CCN(CC)c1ccc2cc(C(=O)NCc3ccccc3)c(=O)oc2c1. The van der Waals surface area contributed by atoms with Crippen LogP contribution in [0.15, 0.2) is 63.8 Å². The molecule has 0 aliphatic heterocycles. The number of benzene rings is 2. The zero-order valence-corrected chi connectivity index (χ0v) is 15.0. The van der Waals surface area contributed by atoms with E-state index in [9.17, 15) is 9.59 Å². The molecule has 1 heterocycles.